The first-order valence-electron chi connectivity index (χ1n) is 5.87. The lowest BCUT2D eigenvalue weighted by Gasteiger charge is -2.07. The van der Waals surface area contributed by atoms with Gasteiger partial charge in [0.2, 0.25) is 0 Å². The van der Waals surface area contributed by atoms with Crippen LogP contribution in [0.25, 0.3) is 10.9 Å². The van der Waals surface area contributed by atoms with E-state index < -0.39 is 0 Å². The van der Waals surface area contributed by atoms with E-state index in [9.17, 15) is 0 Å². The highest BCUT2D eigenvalue weighted by molar-refractivity contribution is 5.76. The molecule has 3 aromatic rings. The van der Waals surface area contributed by atoms with E-state index in [1.165, 1.54) is 16.5 Å². The number of hydrogen-bond acceptors (Lipinski definition) is 0. The smallest absolute Gasteiger partial charge is 0.180 e. The predicted octanol–water partition coefficient (Wildman–Crippen LogP) is 3.06. The number of fused-ring (bicyclic) bond motifs is 1. The molecule has 84 valence electrons. The Balaban J connectivity index is 2.03. The molecule has 0 saturated carbocycles. The van der Waals surface area contributed by atoms with Crippen molar-refractivity contribution in [2.24, 2.45) is 0 Å². The van der Waals surface area contributed by atoms with Crippen LogP contribution in [-0.4, -0.2) is 4.98 Å². The van der Waals surface area contributed by atoms with Gasteiger partial charge >= 0.3 is 0 Å². The molecule has 2 heteroatoms. The molecule has 1 aromatic carbocycles. The Hall–Kier alpha value is -2.09. The van der Waals surface area contributed by atoms with Gasteiger partial charge in [-0.15, -0.1) is 0 Å². The lowest BCUT2D eigenvalue weighted by Crippen LogP contribution is -2.37. The fourth-order valence-electron chi connectivity index (χ4n) is 2.16. The second kappa shape index (κ2) is 4.06. The zero-order chi connectivity index (χ0) is 11.7. The van der Waals surface area contributed by atoms with Gasteiger partial charge in [0.05, 0.1) is 10.9 Å². The third-order valence-electron chi connectivity index (χ3n) is 3.24. The minimum Gasteiger partial charge on any atom is -0.361 e. The first kappa shape index (κ1) is 10.1. The molecule has 0 fully saturated rings. The number of hydrogen-bond donors (Lipinski definition) is 1. The summed E-state index contributed by atoms with van der Waals surface area (Å²) >= 11 is 0. The van der Waals surface area contributed by atoms with Gasteiger partial charge in [-0.1, -0.05) is 30.3 Å². The van der Waals surface area contributed by atoms with Gasteiger partial charge in [0.1, 0.15) is 0 Å². The zero-order valence-electron chi connectivity index (χ0n) is 9.80. The maximum atomic E-state index is 3.21. The van der Waals surface area contributed by atoms with Gasteiger partial charge in [-0.2, -0.15) is 4.57 Å². The van der Waals surface area contributed by atoms with Crippen LogP contribution in [0.1, 0.15) is 18.5 Å². The Morgan fingerprint density at radius 3 is 2.71 bits per heavy atom. The summed E-state index contributed by atoms with van der Waals surface area (Å²) in [7, 11) is 0. The minimum absolute atomic E-state index is 0.357. The summed E-state index contributed by atoms with van der Waals surface area (Å²) in [6, 6.07) is 15.1. The van der Waals surface area contributed by atoms with Crippen molar-refractivity contribution in [3.05, 3.63) is 66.6 Å². The van der Waals surface area contributed by atoms with Gasteiger partial charge in [0.15, 0.2) is 18.4 Å². The molecule has 3 rings (SSSR count). The normalized spacial score (nSPS) is 12.8. The quantitative estimate of drug-likeness (QED) is 0.644. The number of pyridine rings is 1. The molecule has 0 amide bonds. The van der Waals surface area contributed by atoms with Crippen molar-refractivity contribution >= 4 is 10.9 Å². The number of nitrogens with one attached hydrogen (secondary N) is 1. The first-order valence-corrected chi connectivity index (χ1v) is 5.87. The summed E-state index contributed by atoms with van der Waals surface area (Å²) in [5.41, 5.74) is 2.51. The second-order valence-electron chi connectivity index (χ2n) is 4.33. The zero-order valence-corrected chi connectivity index (χ0v) is 9.80. The Morgan fingerprint density at radius 2 is 1.88 bits per heavy atom. The van der Waals surface area contributed by atoms with Crippen LogP contribution in [0.4, 0.5) is 0 Å². The maximum Gasteiger partial charge on any atom is 0.180 e. The van der Waals surface area contributed by atoms with Crippen LogP contribution in [0, 0.1) is 0 Å². The highest BCUT2D eigenvalue weighted by Gasteiger charge is 2.14. The van der Waals surface area contributed by atoms with Crippen molar-refractivity contribution in [3.8, 4) is 0 Å². The summed E-state index contributed by atoms with van der Waals surface area (Å²) in [6.45, 7) is 2.22. The van der Waals surface area contributed by atoms with Crippen molar-refractivity contribution < 1.29 is 4.57 Å². The van der Waals surface area contributed by atoms with Crippen molar-refractivity contribution in [2.75, 3.05) is 0 Å². The predicted molar refractivity (Wildman–Crippen MR) is 68.7 cm³/mol. The molecule has 0 spiro atoms. The van der Waals surface area contributed by atoms with Crippen molar-refractivity contribution in [2.45, 2.75) is 13.0 Å². The van der Waals surface area contributed by atoms with Crippen molar-refractivity contribution in [1.82, 2.24) is 4.98 Å². The Morgan fingerprint density at radius 1 is 1.06 bits per heavy atom. The molecule has 1 N–H and O–H groups in total. The van der Waals surface area contributed by atoms with Gasteiger partial charge in [0.25, 0.3) is 0 Å². The van der Waals surface area contributed by atoms with Crippen LogP contribution in [-0.2, 0) is 0 Å². The van der Waals surface area contributed by atoms with Crippen LogP contribution in [0.2, 0.25) is 0 Å². The van der Waals surface area contributed by atoms with Crippen molar-refractivity contribution in [3.63, 3.8) is 0 Å². The van der Waals surface area contributed by atoms with Crippen LogP contribution in [0.5, 0.6) is 0 Å². The molecule has 0 aliphatic rings. The maximum absolute atomic E-state index is 3.21. The average molecular weight is 223 g/mol. The van der Waals surface area contributed by atoms with Crippen LogP contribution in [0.15, 0.2) is 61.1 Å². The fourth-order valence-corrected chi connectivity index (χ4v) is 2.16. The van der Waals surface area contributed by atoms with E-state index >= 15 is 0 Å². The molecule has 1 unspecified atom stereocenters. The topological polar surface area (TPSA) is 19.7 Å². The lowest BCUT2D eigenvalue weighted by molar-refractivity contribution is -0.709. The standard InChI is InChI=1S/C15H14N2/c1-12(13-5-3-2-4-6-13)17-10-8-15-14(11-17)7-9-16-15/h2-12H,1H3/p+1. The molecule has 0 bridgehead atoms. The molecule has 1 atom stereocenters. The van der Waals surface area contributed by atoms with E-state index in [-0.39, 0.29) is 0 Å². The van der Waals surface area contributed by atoms with E-state index in [0.29, 0.717) is 6.04 Å². The molecule has 0 saturated heterocycles. The molecule has 0 aliphatic carbocycles. The highest BCUT2D eigenvalue weighted by Crippen LogP contribution is 2.13. The van der Waals surface area contributed by atoms with Crippen LogP contribution >= 0.6 is 0 Å². The molecule has 0 aliphatic heterocycles. The molecule has 2 aromatic heterocycles. The number of H-pyrrole nitrogens is 1. The van der Waals surface area contributed by atoms with E-state index in [2.05, 4.69) is 71.3 Å². The largest absolute Gasteiger partial charge is 0.361 e. The molecule has 2 heterocycles. The molecular formula is C15H15N2+. The number of benzene rings is 1. The molecule has 17 heavy (non-hydrogen) atoms. The third-order valence-corrected chi connectivity index (χ3v) is 3.24. The summed E-state index contributed by atoms with van der Waals surface area (Å²) in [4.78, 5) is 3.21. The van der Waals surface area contributed by atoms with Crippen molar-refractivity contribution in [1.29, 1.82) is 0 Å². The van der Waals surface area contributed by atoms with Gasteiger partial charge in [-0.3, -0.25) is 0 Å². The summed E-state index contributed by atoms with van der Waals surface area (Å²) < 4.78 is 2.24. The Labute approximate surface area is 101 Å². The van der Waals surface area contributed by atoms with Crippen LogP contribution in [0.3, 0.4) is 0 Å². The van der Waals surface area contributed by atoms with Gasteiger partial charge in [-0.05, 0) is 6.07 Å². The number of aromatic nitrogens is 2. The highest BCUT2D eigenvalue weighted by atomic mass is 15.0. The number of aromatic amines is 1. The molecular weight excluding hydrogens is 208 g/mol. The van der Waals surface area contributed by atoms with Gasteiger partial charge in [-0.25, -0.2) is 0 Å². The minimum atomic E-state index is 0.357. The number of nitrogens with zero attached hydrogens (tertiary/aromatic N) is 1. The van der Waals surface area contributed by atoms with Gasteiger partial charge < -0.3 is 4.98 Å². The van der Waals surface area contributed by atoms with E-state index in [4.69, 9.17) is 0 Å². The SMILES string of the molecule is CC(c1ccccc1)[n+]1ccc2[nH]ccc2c1. The lowest BCUT2D eigenvalue weighted by atomic mass is 10.1. The summed E-state index contributed by atoms with van der Waals surface area (Å²) in [6.07, 6.45) is 6.28. The average Bonchev–Trinajstić information content (AvgIpc) is 2.86. The summed E-state index contributed by atoms with van der Waals surface area (Å²) in [5.74, 6) is 0. The molecule has 2 nitrogen and oxygen atoms in total. The molecule has 0 radical (unpaired) electrons. The fraction of sp³-hybridized carbons (Fsp3) is 0.133. The third kappa shape index (κ3) is 1.82. The van der Waals surface area contributed by atoms with E-state index in [0.717, 1.165) is 0 Å². The summed E-state index contributed by atoms with van der Waals surface area (Å²) in [5, 5.41) is 1.25. The second-order valence-corrected chi connectivity index (χ2v) is 4.33. The monoisotopic (exact) mass is 223 g/mol. The Bertz CT molecular complexity index is 625. The number of rotatable bonds is 2. The first-order chi connectivity index (χ1) is 8.34. The Kier molecular flexibility index (Phi) is 2.41. The van der Waals surface area contributed by atoms with E-state index in [1.807, 2.05) is 6.20 Å². The van der Waals surface area contributed by atoms with Gasteiger partial charge in [0, 0.05) is 24.8 Å². The van der Waals surface area contributed by atoms with E-state index in [1.54, 1.807) is 0 Å². The van der Waals surface area contributed by atoms with Crippen LogP contribution < -0.4 is 4.57 Å².